The predicted molar refractivity (Wildman–Crippen MR) is 87.3 cm³/mol. The van der Waals surface area contributed by atoms with Crippen LogP contribution in [-0.4, -0.2) is 48.6 Å². The summed E-state index contributed by atoms with van der Waals surface area (Å²) >= 11 is 1.89. The van der Waals surface area contributed by atoms with E-state index in [9.17, 15) is 4.79 Å². The molecule has 116 valence electrons. The van der Waals surface area contributed by atoms with Gasteiger partial charge in [0.25, 0.3) is 0 Å². The summed E-state index contributed by atoms with van der Waals surface area (Å²) in [5, 5.41) is 0. The van der Waals surface area contributed by atoms with Crippen LogP contribution in [0.4, 0.5) is 0 Å². The molecule has 1 aliphatic heterocycles. The maximum Gasteiger partial charge on any atom is 0.247 e. The summed E-state index contributed by atoms with van der Waals surface area (Å²) in [6.45, 7) is 2.94. The fourth-order valence-corrected chi connectivity index (χ4v) is 3.84. The van der Waals surface area contributed by atoms with Crippen molar-refractivity contribution >= 4 is 17.7 Å². The molecule has 1 saturated heterocycles. The Hall–Kier alpha value is -1.04. The van der Waals surface area contributed by atoms with Crippen molar-refractivity contribution in [3.63, 3.8) is 0 Å². The zero-order valence-electron chi connectivity index (χ0n) is 12.7. The molecule has 1 fully saturated rings. The molecule has 1 aliphatic rings. The third-order valence-electron chi connectivity index (χ3n) is 3.96. The molecule has 0 aliphatic carbocycles. The number of ether oxygens (including phenoxy) is 1. The van der Waals surface area contributed by atoms with Crippen molar-refractivity contribution in [3.8, 4) is 0 Å². The molecule has 1 aromatic rings. The fraction of sp³-hybridized carbons (Fsp3) is 0.562. The lowest BCUT2D eigenvalue weighted by Gasteiger charge is -2.35. The average molecular weight is 308 g/mol. The van der Waals surface area contributed by atoms with Crippen molar-refractivity contribution in [2.45, 2.75) is 24.9 Å². The van der Waals surface area contributed by atoms with E-state index in [0.717, 1.165) is 23.5 Å². The molecule has 0 saturated carbocycles. The standard InChI is InChI=1S/C16H24N2O2S/c1-16(17,13-6-4-3-5-7-13)15(19)18(9-10-20-2)14-8-11-21-12-14/h3-7,14H,8-12,17H2,1-2H3. The number of carbonyl (C=O) groups excluding carboxylic acids is 1. The third kappa shape index (κ3) is 3.78. The van der Waals surface area contributed by atoms with Crippen LogP contribution in [0, 0.1) is 0 Å². The number of carbonyl (C=O) groups is 1. The molecular weight excluding hydrogens is 284 g/mol. The number of rotatable bonds is 6. The smallest absolute Gasteiger partial charge is 0.247 e. The summed E-state index contributed by atoms with van der Waals surface area (Å²) in [7, 11) is 1.66. The Labute approximate surface area is 131 Å². The molecule has 1 amide bonds. The summed E-state index contributed by atoms with van der Waals surface area (Å²) in [6, 6.07) is 9.85. The Bertz CT molecular complexity index is 459. The molecule has 5 heteroatoms. The van der Waals surface area contributed by atoms with E-state index in [2.05, 4.69) is 0 Å². The van der Waals surface area contributed by atoms with Gasteiger partial charge in [0, 0.05) is 25.4 Å². The number of nitrogens with zero attached hydrogens (tertiary/aromatic N) is 1. The van der Waals surface area contributed by atoms with Crippen LogP contribution in [0.2, 0.25) is 0 Å². The second-order valence-electron chi connectivity index (χ2n) is 5.58. The predicted octanol–water partition coefficient (Wildman–Crippen LogP) is 1.84. The quantitative estimate of drug-likeness (QED) is 0.871. The summed E-state index contributed by atoms with van der Waals surface area (Å²) in [5.41, 5.74) is 6.24. The second kappa shape index (κ2) is 7.29. The van der Waals surface area contributed by atoms with Gasteiger partial charge in [-0.1, -0.05) is 30.3 Å². The number of nitrogens with two attached hydrogens (primary N) is 1. The number of thioether (sulfide) groups is 1. The number of hydrogen-bond donors (Lipinski definition) is 1. The van der Waals surface area contributed by atoms with Gasteiger partial charge in [0.2, 0.25) is 5.91 Å². The first-order valence-corrected chi connectivity index (χ1v) is 8.45. The zero-order valence-corrected chi connectivity index (χ0v) is 13.6. The van der Waals surface area contributed by atoms with Gasteiger partial charge in [-0.2, -0.15) is 11.8 Å². The lowest BCUT2D eigenvalue weighted by atomic mass is 9.91. The highest BCUT2D eigenvalue weighted by atomic mass is 32.2. The van der Waals surface area contributed by atoms with Gasteiger partial charge in [-0.3, -0.25) is 4.79 Å². The topological polar surface area (TPSA) is 55.6 Å². The molecule has 4 nitrogen and oxygen atoms in total. The Morgan fingerprint density at radius 3 is 2.76 bits per heavy atom. The first kappa shape index (κ1) is 16.3. The van der Waals surface area contributed by atoms with Crippen LogP contribution in [0.3, 0.4) is 0 Å². The van der Waals surface area contributed by atoms with Crippen molar-refractivity contribution < 1.29 is 9.53 Å². The van der Waals surface area contributed by atoms with Gasteiger partial charge in [-0.05, 0) is 24.7 Å². The van der Waals surface area contributed by atoms with Crippen molar-refractivity contribution in [1.29, 1.82) is 0 Å². The Kier molecular flexibility index (Phi) is 5.67. The molecule has 21 heavy (non-hydrogen) atoms. The maximum atomic E-state index is 13.0. The monoisotopic (exact) mass is 308 g/mol. The van der Waals surface area contributed by atoms with E-state index in [1.165, 1.54) is 0 Å². The minimum Gasteiger partial charge on any atom is -0.383 e. The number of amides is 1. The highest BCUT2D eigenvalue weighted by Crippen LogP contribution is 2.27. The Morgan fingerprint density at radius 1 is 1.48 bits per heavy atom. The highest BCUT2D eigenvalue weighted by Gasteiger charge is 2.38. The molecule has 1 aromatic carbocycles. The lowest BCUT2D eigenvalue weighted by molar-refractivity contribution is -0.139. The van der Waals surface area contributed by atoms with E-state index >= 15 is 0 Å². The van der Waals surface area contributed by atoms with Crippen molar-refractivity contribution in [3.05, 3.63) is 35.9 Å². The van der Waals surface area contributed by atoms with E-state index in [1.54, 1.807) is 14.0 Å². The summed E-state index contributed by atoms with van der Waals surface area (Å²) in [5.74, 6) is 2.08. The number of hydrogen-bond acceptors (Lipinski definition) is 4. The van der Waals surface area contributed by atoms with Gasteiger partial charge >= 0.3 is 0 Å². The van der Waals surface area contributed by atoms with Crippen molar-refractivity contribution in [2.24, 2.45) is 5.73 Å². The van der Waals surface area contributed by atoms with E-state index in [4.69, 9.17) is 10.5 Å². The number of benzene rings is 1. The molecule has 2 unspecified atom stereocenters. The molecule has 0 bridgehead atoms. The van der Waals surface area contributed by atoms with Gasteiger partial charge in [0.15, 0.2) is 0 Å². The van der Waals surface area contributed by atoms with Crippen LogP contribution in [-0.2, 0) is 15.1 Å². The van der Waals surface area contributed by atoms with Gasteiger partial charge in [0.05, 0.1) is 6.61 Å². The van der Waals surface area contributed by atoms with Crippen LogP contribution in [0.15, 0.2) is 30.3 Å². The van der Waals surface area contributed by atoms with E-state index < -0.39 is 5.54 Å². The van der Waals surface area contributed by atoms with Crippen molar-refractivity contribution in [2.75, 3.05) is 31.8 Å². The lowest BCUT2D eigenvalue weighted by Crippen LogP contribution is -2.55. The van der Waals surface area contributed by atoms with Gasteiger partial charge < -0.3 is 15.4 Å². The molecule has 0 aromatic heterocycles. The fourth-order valence-electron chi connectivity index (χ4n) is 2.61. The van der Waals surface area contributed by atoms with Crippen LogP contribution in [0.25, 0.3) is 0 Å². The highest BCUT2D eigenvalue weighted by molar-refractivity contribution is 7.99. The van der Waals surface area contributed by atoms with E-state index in [0.29, 0.717) is 13.2 Å². The first-order chi connectivity index (χ1) is 10.1. The summed E-state index contributed by atoms with van der Waals surface area (Å²) in [4.78, 5) is 14.9. The number of methoxy groups -OCH3 is 1. The average Bonchev–Trinajstić information content (AvgIpc) is 3.02. The molecule has 2 atom stereocenters. The Morgan fingerprint density at radius 2 is 2.19 bits per heavy atom. The van der Waals surface area contributed by atoms with Gasteiger partial charge in [-0.15, -0.1) is 0 Å². The summed E-state index contributed by atoms with van der Waals surface area (Å²) in [6.07, 6.45) is 1.03. The molecule has 2 rings (SSSR count). The van der Waals surface area contributed by atoms with Crippen molar-refractivity contribution in [1.82, 2.24) is 4.90 Å². The first-order valence-electron chi connectivity index (χ1n) is 7.29. The SMILES string of the molecule is COCCN(C(=O)C(C)(N)c1ccccc1)C1CCSC1. The molecule has 0 radical (unpaired) electrons. The summed E-state index contributed by atoms with van der Waals surface area (Å²) < 4.78 is 5.16. The van der Waals surface area contributed by atoms with Gasteiger partial charge in [0.1, 0.15) is 5.54 Å². The maximum absolute atomic E-state index is 13.0. The van der Waals surface area contributed by atoms with Crippen LogP contribution in [0.1, 0.15) is 18.9 Å². The zero-order chi connectivity index (χ0) is 15.3. The third-order valence-corrected chi connectivity index (χ3v) is 5.11. The molecule has 2 N–H and O–H groups in total. The van der Waals surface area contributed by atoms with Gasteiger partial charge in [-0.25, -0.2) is 0 Å². The minimum absolute atomic E-state index is 0.0155. The van der Waals surface area contributed by atoms with E-state index in [1.807, 2.05) is 47.0 Å². The minimum atomic E-state index is -0.998. The molecule has 0 spiro atoms. The molecule has 1 heterocycles. The second-order valence-corrected chi connectivity index (χ2v) is 6.73. The van der Waals surface area contributed by atoms with Crippen LogP contribution < -0.4 is 5.73 Å². The largest absolute Gasteiger partial charge is 0.383 e. The molecular formula is C16H24N2O2S. The normalized spacial score (nSPS) is 21.0. The Balaban J connectivity index is 2.19. The van der Waals surface area contributed by atoms with Crippen LogP contribution >= 0.6 is 11.8 Å². The van der Waals surface area contributed by atoms with Crippen LogP contribution in [0.5, 0.6) is 0 Å². The van der Waals surface area contributed by atoms with E-state index in [-0.39, 0.29) is 11.9 Å².